The van der Waals surface area contributed by atoms with E-state index in [-0.39, 0.29) is 27.8 Å². The van der Waals surface area contributed by atoms with E-state index < -0.39 is 10.7 Å². The van der Waals surface area contributed by atoms with Crippen molar-refractivity contribution in [3.63, 3.8) is 0 Å². The van der Waals surface area contributed by atoms with Crippen LogP contribution in [0.5, 0.6) is 0 Å². The van der Waals surface area contributed by atoms with Crippen molar-refractivity contribution in [2.75, 3.05) is 0 Å². The van der Waals surface area contributed by atoms with Gasteiger partial charge in [-0.3, -0.25) is 0 Å². The van der Waals surface area contributed by atoms with E-state index in [1.165, 1.54) is 0 Å². The molecule has 0 bridgehead atoms. The van der Waals surface area contributed by atoms with Gasteiger partial charge in [0.1, 0.15) is 4.93 Å². The quantitative estimate of drug-likeness (QED) is 0.233. The van der Waals surface area contributed by atoms with Crippen LogP contribution < -0.4 is 0 Å². The molecule has 0 aromatic heterocycles. The average molecular weight is 445 g/mol. The zero-order valence-electron chi connectivity index (χ0n) is 19.6. The highest BCUT2D eigenvalue weighted by atomic mass is 32.2. The molecule has 0 saturated carbocycles. The molecule has 0 aromatic rings. The highest BCUT2D eigenvalue weighted by Crippen LogP contribution is 2.36. The molecular formula is C21H48O3S3. The molecule has 0 rings (SSSR count). The Hall–Kier alpha value is 0.930. The van der Waals surface area contributed by atoms with E-state index in [2.05, 4.69) is 65.6 Å². The van der Waals surface area contributed by atoms with Crippen molar-refractivity contribution in [3.8, 4) is 0 Å². The van der Waals surface area contributed by atoms with Crippen LogP contribution in [0, 0.1) is 35.5 Å². The first kappa shape index (κ1) is 32.6. The number of aliphatic hydroxyl groups is 3. The average Bonchev–Trinajstić information content (AvgIpc) is 2.47. The summed E-state index contributed by atoms with van der Waals surface area (Å²) in [6.07, 6.45) is 0. The molecule has 6 heteroatoms. The normalized spacial score (nSPS) is 13.3. The molecule has 0 unspecified atom stereocenters. The molecule has 0 radical (unpaired) electrons. The van der Waals surface area contributed by atoms with Gasteiger partial charge in [-0.2, -0.15) is 25.3 Å². The highest BCUT2D eigenvalue weighted by molar-refractivity contribution is 8.00. The summed E-state index contributed by atoms with van der Waals surface area (Å²) in [6.45, 7) is 23.6. The minimum Gasteiger partial charge on any atom is -0.379 e. The third-order valence-electron chi connectivity index (χ3n) is 5.10. The Bertz CT molecular complexity index is 288. The first-order chi connectivity index (χ1) is 11.7. The van der Waals surface area contributed by atoms with Crippen LogP contribution in [0.25, 0.3) is 0 Å². The van der Waals surface area contributed by atoms with Crippen molar-refractivity contribution in [2.24, 2.45) is 35.5 Å². The summed E-state index contributed by atoms with van der Waals surface area (Å²) in [5, 5.41) is 28.0. The Balaban J connectivity index is -0.000000320. The summed E-state index contributed by atoms with van der Waals surface area (Å²) >= 11 is 13.0. The fourth-order valence-electron chi connectivity index (χ4n) is 2.00. The topological polar surface area (TPSA) is 60.7 Å². The van der Waals surface area contributed by atoms with Gasteiger partial charge >= 0.3 is 0 Å². The van der Waals surface area contributed by atoms with Crippen LogP contribution in [0.2, 0.25) is 0 Å². The van der Waals surface area contributed by atoms with Crippen molar-refractivity contribution < 1.29 is 15.3 Å². The van der Waals surface area contributed by atoms with E-state index in [0.29, 0.717) is 11.8 Å². The van der Waals surface area contributed by atoms with E-state index >= 15 is 0 Å². The molecule has 168 valence electrons. The zero-order valence-corrected chi connectivity index (χ0v) is 22.3. The number of rotatable bonds is 6. The molecule has 0 aliphatic carbocycles. The van der Waals surface area contributed by atoms with E-state index in [4.69, 9.17) is 0 Å². The molecule has 0 aliphatic heterocycles. The lowest BCUT2D eigenvalue weighted by Crippen LogP contribution is -2.40. The Kier molecular flexibility index (Phi) is 16.0. The number of hydrogen-bond acceptors (Lipinski definition) is 6. The standard InChI is InChI=1S/C7H16O2.C7H16OS.C7H16S2/c3*1-5(2)7(8,9)6(3)4/h3*5-6,8-9H,1-4H3. The molecule has 0 saturated heterocycles. The second kappa shape index (κ2) is 13.3. The van der Waals surface area contributed by atoms with Gasteiger partial charge in [-0.15, -0.1) is 12.6 Å². The lowest BCUT2D eigenvalue weighted by Gasteiger charge is -2.31. The molecule has 0 atom stereocenters. The van der Waals surface area contributed by atoms with Crippen molar-refractivity contribution in [3.05, 3.63) is 0 Å². The maximum absolute atomic E-state index is 9.53. The Labute approximate surface area is 186 Å². The molecule has 0 spiro atoms. The summed E-state index contributed by atoms with van der Waals surface area (Å²) in [5.41, 5.74) is 0. The van der Waals surface area contributed by atoms with Gasteiger partial charge in [-0.1, -0.05) is 83.1 Å². The molecule has 3 N–H and O–H groups in total. The fourth-order valence-corrected chi connectivity index (χ4v) is 2.00. The van der Waals surface area contributed by atoms with Gasteiger partial charge in [0, 0.05) is 11.8 Å². The van der Waals surface area contributed by atoms with E-state index in [9.17, 15) is 15.3 Å². The predicted molar refractivity (Wildman–Crippen MR) is 131 cm³/mol. The molecule has 0 amide bonds. The Morgan fingerprint density at radius 3 is 0.667 bits per heavy atom. The van der Waals surface area contributed by atoms with Crippen LogP contribution in [0.4, 0.5) is 0 Å². The smallest absolute Gasteiger partial charge is 0.167 e. The van der Waals surface area contributed by atoms with Crippen LogP contribution in [0.3, 0.4) is 0 Å². The first-order valence-corrected chi connectivity index (χ1v) is 11.3. The number of thiol groups is 3. The van der Waals surface area contributed by atoms with Gasteiger partial charge in [-0.05, 0) is 23.7 Å². The first-order valence-electron chi connectivity index (χ1n) is 10.0. The largest absolute Gasteiger partial charge is 0.379 e. The van der Waals surface area contributed by atoms with Gasteiger partial charge in [0.05, 0.1) is 4.08 Å². The third-order valence-corrected chi connectivity index (χ3v) is 8.20. The van der Waals surface area contributed by atoms with Crippen molar-refractivity contribution >= 4 is 37.9 Å². The van der Waals surface area contributed by atoms with E-state index in [0.717, 1.165) is 0 Å². The summed E-state index contributed by atoms with van der Waals surface area (Å²) in [5.74, 6) is -0.245. The van der Waals surface area contributed by atoms with Crippen LogP contribution in [-0.4, -0.2) is 30.1 Å². The zero-order chi connectivity index (χ0) is 23.0. The summed E-state index contributed by atoms with van der Waals surface area (Å²) in [6, 6.07) is 0. The van der Waals surface area contributed by atoms with Gasteiger partial charge in [0.15, 0.2) is 5.79 Å². The Morgan fingerprint density at radius 1 is 0.444 bits per heavy atom. The van der Waals surface area contributed by atoms with Crippen molar-refractivity contribution in [1.29, 1.82) is 0 Å². The lowest BCUT2D eigenvalue weighted by atomic mass is 9.92. The minimum absolute atomic E-state index is 0.0995. The van der Waals surface area contributed by atoms with Crippen LogP contribution in [0.15, 0.2) is 0 Å². The van der Waals surface area contributed by atoms with E-state index in [1.54, 1.807) is 27.7 Å². The second-order valence-electron chi connectivity index (χ2n) is 9.28. The van der Waals surface area contributed by atoms with Crippen LogP contribution in [-0.2, 0) is 0 Å². The van der Waals surface area contributed by atoms with Gasteiger partial charge in [0.2, 0.25) is 0 Å². The highest BCUT2D eigenvalue weighted by Gasteiger charge is 2.31. The van der Waals surface area contributed by atoms with Crippen molar-refractivity contribution in [1.82, 2.24) is 0 Å². The molecular weight excluding hydrogens is 396 g/mol. The molecule has 3 nitrogen and oxygen atoms in total. The van der Waals surface area contributed by atoms with E-state index in [1.807, 2.05) is 27.7 Å². The fraction of sp³-hybridized carbons (Fsp3) is 1.00. The molecule has 0 heterocycles. The van der Waals surface area contributed by atoms with Crippen LogP contribution >= 0.6 is 37.9 Å². The summed E-state index contributed by atoms with van der Waals surface area (Å²) in [4.78, 5) is -0.806. The van der Waals surface area contributed by atoms with Crippen molar-refractivity contribution in [2.45, 2.75) is 97.9 Å². The second-order valence-corrected chi connectivity index (χ2v) is 11.8. The van der Waals surface area contributed by atoms with Gasteiger partial charge < -0.3 is 15.3 Å². The predicted octanol–water partition coefficient (Wildman–Crippen LogP) is 5.75. The molecule has 0 aliphatic rings. The number of hydrogen-bond donors (Lipinski definition) is 6. The van der Waals surface area contributed by atoms with Crippen LogP contribution in [0.1, 0.15) is 83.1 Å². The summed E-state index contributed by atoms with van der Waals surface area (Å²) in [7, 11) is 0. The molecule has 0 fully saturated rings. The maximum atomic E-state index is 9.53. The summed E-state index contributed by atoms with van der Waals surface area (Å²) < 4.78 is -0.111. The molecule has 27 heavy (non-hydrogen) atoms. The molecule has 0 aromatic carbocycles. The van der Waals surface area contributed by atoms with Gasteiger partial charge in [-0.25, -0.2) is 0 Å². The Morgan fingerprint density at radius 2 is 0.667 bits per heavy atom. The lowest BCUT2D eigenvalue weighted by molar-refractivity contribution is -0.221. The SMILES string of the molecule is CC(C)C(O)(O)C(C)C.CC(C)C(O)(S)C(C)C.CC(C)C(S)(S)C(C)C. The maximum Gasteiger partial charge on any atom is 0.167 e. The minimum atomic E-state index is -1.50. The monoisotopic (exact) mass is 444 g/mol. The van der Waals surface area contributed by atoms with Gasteiger partial charge in [0.25, 0.3) is 0 Å². The third kappa shape index (κ3) is 12.3.